The van der Waals surface area contributed by atoms with Crippen molar-refractivity contribution >= 4 is 43.6 Å². The van der Waals surface area contributed by atoms with Gasteiger partial charge in [0.05, 0.1) is 28.1 Å². The molecule has 186 valence electrons. The van der Waals surface area contributed by atoms with Gasteiger partial charge in [0.25, 0.3) is 0 Å². The molecule has 0 atom stereocenters. The Balaban J connectivity index is 1.45. The second kappa shape index (κ2) is 9.07. The number of fused-ring (bicyclic) bond motifs is 6. The molecule has 4 heteroatoms. The van der Waals surface area contributed by atoms with Crippen LogP contribution in [-0.4, -0.2) is 19.9 Å². The standard InChI is InChI=1S/C36H22N4/c1-3-10-23(11-4-1)31-21-27(22-32(38-31)24-12-5-2-6-13-24)33-29-16-8-7-15-28(29)30-20-26-18-17-25-14-9-19-37-34(25)35(26)40-36(30)39-33/h1-22H. The molecule has 0 aliphatic heterocycles. The highest BCUT2D eigenvalue weighted by Gasteiger charge is 2.16. The summed E-state index contributed by atoms with van der Waals surface area (Å²) in [6.45, 7) is 0. The average molecular weight is 511 g/mol. The van der Waals surface area contributed by atoms with Crippen molar-refractivity contribution in [3.05, 3.63) is 134 Å². The zero-order valence-electron chi connectivity index (χ0n) is 21.5. The van der Waals surface area contributed by atoms with Gasteiger partial charge in [-0.05, 0) is 29.7 Å². The van der Waals surface area contributed by atoms with Gasteiger partial charge >= 0.3 is 0 Å². The lowest BCUT2D eigenvalue weighted by Gasteiger charge is -2.13. The highest BCUT2D eigenvalue weighted by molar-refractivity contribution is 6.14. The SMILES string of the molecule is c1ccc(-c2cc(-c3nc4nc5c(ccc6cccnc65)cc4c4ccccc34)cc(-c3ccccc3)n2)cc1. The van der Waals surface area contributed by atoms with Crippen molar-refractivity contribution < 1.29 is 0 Å². The molecule has 0 unspecified atom stereocenters. The molecule has 4 aromatic heterocycles. The number of benzene rings is 4. The lowest BCUT2D eigenvalue weighted by atomic mass is 9.98. The van der Waals surface area contributed by atoms with Gasteiger partial charge in [-0.1, -0.05) is 103 Å². The number of nitrogens with zero attached hydrogens (tertiary/aromatic N) is 4. The second-order valence-electron chi connectivity index (χ2n) is 9.94. The van der Waals surface area contributed by atoms with Gasteiger partial charge in [-0.2, -0.15) is 0 Å². The Labute approximate surface area is 230 Å². The molecule has 40 heavy (non-hydrogen) atoms. The molecule has 0 saturated carbocycles. The van der Waals surface area contributed by atoms with Crippen LogP contribution in [0, 0.1) is 0 Å². The normalized spacial score (nSPS) is 11.5. The van der Waals surface area contributed by atoms with E-state index in [9.17, 15) is 0 Å². The summed E-state index contributed by atoms with van der Waals surface area (Å²) >= 11 is 0. The van der Waals surface area contributed by atoms with E-state index in [1.165, 1.54) is 0 Å². The summed E-state index contributed by atoms with van der Waals surface area (Å²) in [6.07, 6.45) is 1.82. The molecular formula is C36H22N4. The maximum atomic E-state index is 5.23. The molecule has 8 aromatic rings. The average Bonchev–Trinajstić information content (AvgIpc) is 3.04. The Bertz CT molecular complexity index is 2150. The van der Waals surface area contributed by atoms with Crippen molar-refractivity contribution in [2.45, 2.75) is 0 Å². The molecule has 8 rings (SSSR count). The molecule has 0 radical (unpaired) electrons. The summed E-state index contributed by atoms with van der Waals surface area (Å²) < 4.78 is 0. The van der Waals surface area contributed by atoms with E-state index in [2.05, 4.69) is 89.9 Å². The monoisotopic (exact) mass is 510 g/mol. The summed E-state index contributed by atoms with van der Waals surface area (Å²) in [7, 11) is 0. The molecule has 0 aliphatic carbocycles. The Morgan fingerprint density at radius 1 is 0.400 bits per heavy atom. The smallest absolute Gasteiger partial charge is 0.161 e. The first-order valence-electron chi connectivity index (χ1n) is 13.3. The van der Waals surface area contributed by atoms with Crippen LogP contribution in [-0.2, 0) is 0 Å². The summed E-state index contributed by atoms with van der Waals surface area (Å²) in [5.74, 6) is 0. The quantitative estimate of drug-likeness (QED) is 0.176. The van der Waals surface area contributed by atoms with E-state index in [0.29, 0.717) is 5.65 Å². The molecule has 0 fully saturated rings. The molecule has 4 heterocycles. The van der Waals surface area contributed by atoms with Crippen LogP contribution in [0.5, 0.6) is 0 Å². The maximum Gasteiger partial charge on any atom is 0.161 e. The highest BCUT2D eigenvalue weighted by Crippen LogP contribution is 2.37. The van der Waals surface area contributed by atoms with Gasteiger partial charge in [-0.3, -0.25) is 4.98 Å². The van der Waals surface area contributed by atoms with Gasteiger partial charge in [0, 0.05) is 44.4 Å². The van der Waals surface area contributed by atoms with Crippen LogP contribution in [0.2, 0.25) is 0 Å². The molecule has 0 saturated heterocycles. The lowest BCUT2D eigenvalue weighted by Crippen LogP contribution is -1.96. The number of aromatic nitrogens is 4. The second-order valence-corrected chi connectivity index (χ2v) is 9.94. The predicted octanol–water partition coefficient (Wildman–Crippen LogP) is 8.88. The summed E-state index contributed by atoms with van der Waals surface area (Å²) in [6, 6.07) is 43.8. The fraction of sp³-hybridized carbons (Fsp3) is 0. The number of hydrogen-bond donors (Lipinski definition) is 0. The van der Waals surface area contributed by atoms with Crippen LogP contribution in [0.3, 0.4) is 0 Å². The van der Waals surface area contributed by atoms with Crippen LogP contribution in [0.25, 0.3) is 77.4 Å². The molecule has 0 spiro atoms. The zero-order valence-corrected chi connectivity index (χ0v) is 21.5. The fourth-order valence-electron chi connectivity index (χ4n) is 5.54. The molecule has 0 aliphatic rings. The lowest BCUT2D eigenvalue weighted by molar-refractivity contribution is 1.30. The van der Waals surface area contributed by atoms with Crippen molar-refractivity contribution in [1.29, 1.82) is 0 Å². The third-order valence-electron chi connectivity index (χ3n) is 7.47. The molecule has 4 aromatic carbocycles. The fourth-order valence-corrected chi connectivity index (χ4v) is 5.54. The minimum atomic E-state index is 0.707. The van der Waals surface area contributed by atoms with E-state index in [1.807, 2.05) is 48.7 Å². The first kappa shape index (κ1) is 22.5. The van der Waals surface area contributed by atoms with Crippen LogP contribution < -0.4 is 0 Å². The Hall–Kier alpha value is -5.48. The largest absolute Gasteiger partial charge is 0.254 e. The molecular weight excluding hydrogens is 488 g/mol. The Morgan fingerprint density at radius 3 is 1.77 bits per heavy atom. The first-order chi connectivity index (χ1) is 19.8. The highest BCUT2D eigenvalue weighted by atomic mass is 14.9. The minimum Gasteiger partial charge on any atom is -0.254 e. The van der Waals surface area contributed by atoms with Crippen LogP contribution in [0.4, 0.5) is 0 Å². The molecule has 4 nitrogen and oxygen atoms in total. The number of rotatable bonds is 3. The van der Waals surface area contributed by atoms with Crippen LogP contribution in [0.1, 0.15) is 0 Å². The third-order valence-corrected chi connectivity index (χ3v) is 7.47. The van der Waals surface area contributed by atoms with Gasteiger partial charge < -0.3 is 0 Å². The zero-order chi connectivity index (χ0) is 26.5. The third kappa shape index (κ3) is 3.69. The summed E-state index contributed by atoms with van der Waals surface area (Å²) in [5.41, 5.74) is 8.29. The molecule has 0 N–H and O–H groups in total. The Kier molecular flexibility index (Phi) is 5.10. The summed E-state index contributed by atoms with van der Waals surface area (Å²) in [5, 5.41) is 5.36. The minimum absolute atomic E-state index is 0.707. The van der Waals surface area contributed by atoms with E-state index in [4.69, 9.17) is 15.0 Å². The van der Waals surface area contributed by atoms with E-state index in [-0.39, 0.29) is 0 Å². The first-order valence-corrected chi connectivity index (χ1v) is 13.3. The number of hydrogen-bond acceptors (Lipinski definition) is 4. The maximum absolute atomic E-state index is 5.23. The Morgan fingerprint density at radius 2 is 1.05 bits per heavy atom. The van der Waals surface area contributed by atoms with Crippen molar-refractivity contribution in [2.24, 2.45) is 0 Å². The van der Waals surface area contributed by atoms with Gasteiger partial charge in [0.15, 0.2) is 5.65 Å². The van der Waals surface area contributed by atoms with Crippen molar-refractivity contribution in [3.63, 3.8) is 0 Å². The van der Waals surface area contributed by atoms with Gasteiger partial charge in [-0.25, -0.2) is 15.0 Å². The predicted molar refractivity (Wildman–Crippen MR) is 164 cm³/mol. The van der Waals surface area contributed by atoms with E-state index in [1.54, 1.807) is 0 Å². The van der Waals surface area contributed by atoms with Crippen molar-refractivity contribution in [2.75, 3.05) is 0 Å². The molecule has 0 bridgehead atoms. The number of pyridine rings is 4. The topological polar surface area (TPSA) is 51.6 Å². The van der Waals surface area contributed by atoms with Gasteiger partial charge in [-0.15, -0.1) is 0 Å². The van der Waals surface area contributed by atoms with Crippen molar-refractivity contribution in [3.8, 4) is 33.8 Å². The van der Waals surface area contributed by atoms with Gasteiger partial charge in [0.2, 0.25) is 0 Å². The van der Waals surface area contributed by atoms with Crippen LogP contribution in [0.15, 0.2) is 134 Å². The van der Waals surface area contributed by atoms with E-state index >= 15 is 0 Å². The van der Waals surface area contributed by atoms with Gasteiger partial charge in [0.1, 0.15) is 0 Å². The van der Waals surface area contributed by atoms with Crippen molar-refractivity contribution in [1.82, 2.24) is 19.9 Å². The van der Waals surface area contributed by atoms with E-state index in [0.717, 1.165) is 71.7 Å². The molecule has 0 amide bonds. The van der Waals surface area contributed by atoms with Crippen LogP contribution >= 0.6 is 0 Å². The van der Waals surface area contributed by atoms with E-state index < -0.39 is 0 Å². The summed E-state index contributed by atoms with van der Waals surface area (Å²) in [4.78, 5) is 20.1.